The predicted molar refractivity (Wildman–Crippen MR) is 120 cm³/mol. The third kappa shape index (κ3) is 4.80. The molecule has 0 aromatic heterocycles. The lowest BCUT2D eigenvalue weighted by atomic mass is 10.2. The third-order valence-electron chi connectivity index (χ3n) is 5.81. The second kappa shape index (κ2) is 9.20. The number of nitrogens with zero attached hydrogens (tertiary/aromatic N) is 2. The molecule has 0 radical (unpaired) electrons. The quantitative estimate of drug-likeness (QED) is 0.768. The van der Waals surface area contributed by atoms with Gasteiger partial charge in [0.2, 0.25) is 15.9 Å². The summed E-state index contributed by atoms with van der Waals surface area (Å²) >= 11 is 0. The molecule has 0 spiro atoms. The van der Waals surface area contributed by atoms with Crippen molar-refractivity contribution >= 4 is 33.2 Å². The Morgan fingerprint density at radius 1 is 0.871 bits per heavy atom. The molecule has 0 aliphatic carbocycles. The molecular weight excluding hydrogens is 414 g/mol. The zero-order valence-electron chi connectivity index (χ0n) is 17.4. The Bertz CT molecular complexity index is 1060. The van der Waals surface area contributed by atoms with Gasteiger partial charge in [-0.2, -0.15) is 4.31 Å². The van der Waals surface area contributed by atoms with Crippen molar-refractivity contribution in [3.63, 3.8) is 0 Å². The van der Waals surface area contributed by atoms with Gasteiger partial charge in [0.25, 0.3) is 5.91 Å². The normalized spacial score (nSPS) is 18.1. The molecular formula is C23H27N3O4S. The summed E-state index contributed by atoms with van der Waals surface area (Å²) in [6.45, 7) is 1.77. The molecule has 0 atom stereocenters. The van der Waals surface area contributed by atoms with Crippen molar-refractivity contribution in [3.8, 4) is 0 Å². The van der Waals surface area contributed by atoms with Gasteiger partial charge in [0.05, 0.1) is 4.90 Å². The molecule has 2 heterocycles. The fourth-order valence-electron chi connectivity index (χ4n) is 4.09. The predicted octanol–water partition coefficient (Wildman–Crippen LogP) is 3.63. The fraction of sp³-hybridized carbons (Fsp3) is 0.391. The first kappa shape index (κ1) is 21.5. The first-order valence-corrected chi connectivity index (χ1v) is 12.2. The molecule has 164 valence electrons. The molecule has 8 heteroatoms. The summed E-state index contributed by atoms with van der Waals surface area (Å²) in [6, 6.07) is 13.2. The van der Waals surface area contributed by atoms with Gasteiger partial charge < -0.3 is 10.2 Å². The SMILES string of the molecule is O=C(Nc1cccc(N2CCCC2=O)c1)c1ccc(S(=O)(=O)N2CCCCCC2)cc1. The summed E-state index contributed by atoms with van der Waals surface area (Å²) in [5.74, 6) is -0.242. The highest BCUT2D eigenvalue weighted by Gasteiger charge is 2.25. The topological polar surface area (TPSA) is 86.8 Å². The molecule has 0 bridgehead atoms. The average molecular weight is 442 g/mol. The molecule has 2 saturated heterocycles. The average Bonchev–Trinajstić information content (AvgIpc) is 3.01. The highest BCUT2D eigenvalue weighted by Crippen LogP contribution is 2.25. The zero-order valence-corrected chi connectivity index (χ0v) is 18.2. The van der Waals surface area contributed by atoms with E-state index in [1.165, 1.54) is 24.3 Å². The molecule has 2 aromatic carbocycles. The monoisotopic (exact) mass is 441 g/mol. The molecule has 2 aliphatic heterocycles. The molecule has 2 aromatic rings. The number of anilines is 2. The Kier molecular flexibility index (Phi) is 6.38. The van der Waals surface area contributed by atoms with E-state index in [0.717, 1.165) is 37.8 Å². The highest BCUT2D eigenvalue weighted by atomic mass is 32.2. The maximum Gasteiger partial charge on any atom is 0.255 e. The maximum atomic E-state index is 12.9. The number of carbonyl (C=O) groups excluding carboxylic acids is 2. The zero-order chi connectivity index (χ0) is 21.8. The van der Waals surface area contributed by atoms with E-state index in [2.05, 4.69) is 5.32 Å². The van der Waals surface area contributed by atoms with E-state index in [1.54, 1.807) is 27.4 Å². The van der Waals surface area contributed by atoms with Crippen LogP contribution in [0.3, 0.4) is 0 Å². The van der Waals surface area contributed by atoms with Crippen molar-refractivity contribution in [1.29, 1.82) is 0 Å². The van der Waals surface area contributed by atoms with Crippen LogP contribution >= 0.6 is 0 Å². The Morgan fingerprint density at radius 3 is 2.23 bits per heavy atom. The van der Waals surface area contributed by atoms with E-state index >= 15 is 0 Å². The van der Waals surface area contributed by atoms with Gasteiger partial charge in [-0.1, -0.05) is 18.9 Å². The van der Waals surface area contributed by atoms with Crippen LogP contribution in [0.5, 0.6) is 0 Å². The van der Waals surface area contributed by atoms with E-state index in [1.807, 2.05) is 6.07 Å². The molecule has 2 aliphatic rings. The second-order valence-corrected chi connectivity index (χ2v) is 9.93. The van der Waals surface area contributed by atoms with Crippen LogP contribution in [0.25, 0.3) is 0 Å². The van der Waals surface area contributed by atoms with Crippen LogP contribution in [-0.2, 0) is 14.8 Å². The third-order valence-corrected chi connectivity index (χ3v) is 7.72. The molecule has 4 rings (SSSR count). The number of amides is 2. The molecule has 7 nitrogen and oxygen atoms in total. The fourth-order valence-corrected chi connectivity index (χ4v) is 5.60. The first-order valence-electron chi connectivity index (χ1n) is 10.8. The summed E-state index contributed by atoms with van der Waals surface area (Å²) in [7, 11) is -3.54. The number of carbonyl (C=O) groups is 2. The molecule has 1 N–H and O–H groups in total. The van der Waals surface area contributed by atoms with Gasteiger partial charge in [0, 0.05) is 43.0 Å². The van der Waals surface area contributed by atoms with Crippen molar-refractivity contribution in [2.45, 2.75) is 43.4 Å². The van der Waals surface area contributed by atoms with Crippen molar-refractivity contribution < 1.29 is 18.0 Å². The van der Waals surface area contributed by atoms with Crippen LogP contribution in [0.2, 0.25) is 0 Å². The van der Waals surface area contributed by atoms with Gasteiger partial charge in [0.1, 0.15) is 0 Å². The second-order valence-electron chi connectivity index (χ2n) is 8.00. The smallest absolute Gasteiger partial charge is 0.255 e. The van der Waals surface area contributed by atoms with E-state index in [-0.39, 0.29) is 16.7 Å². The van der Waals surface area contributed by atoms with Crippen molar-refractivity contribution in [1.82, 2.24) is 4.31 Å². The summed E-state index contributed by atoms with van der Waals surface area (Å²) in [4.78, 5) is 26.6. The van der Waals surface area contributed by atoms with Gasteiger partial charge in [-0.05, 0) is 61.7 Å². The minimum atomic E-state index is -3.54. The summed E-state index contributed by atoms with van der Waals surface area (Å²) in [5, 5.41) is 2.83. The van der Waals surface area contributed by atoms with E-state index < -0.39 is 10.0 Å². The van der Waals surface area contributed by atoms with Crippen molar-refractivity contribution in [3.05, 3.63) is 54.1 Å². The number of hydrogen-bond donors (Lipinski definition) is 1. The first-order chi connectivity index (χ1) is 14.9. The Hall–Kier alpha value is -2.71. The molecule has 2 fully saturated rings. The lowest BCUT2D eigenvalue weighted by molar-refractivity contribution is -0.117. The molecule has 0 saturated carbocycles. The summed E-state index contributed by atoms with van der Waals surface area (Å²) in [6.07, 6.45) is 5.24. The van der Waals surface area contributed by atoms with Crippen molar-refractivity contribution in [2.75, 3.05) is 29.9 Å². The molecule has 2 amide bonds. The van der Waals surface area contributed by atoms with Crippen LogP contribution in [0.4, 0.5) is 11.4 Å². The van der Waals surface area contributed by atoms with Crippen LogP contribution in [0, 0.1) is 0 Å². The van der Waals surface area contributed by atoms with Crippen LogP contribution in [-0.4, -0.2) is 44.2 Å². The van der Waals surface area contributed by atoms with Crippen LogP contribution in [0.15, 0.2) is 53.4 Å². The number of nitrogens with one attached hydrogen (secondary N) is 1. The Labute approximate surface area is 183 Å². The standard InChI is InChI=1S/C23H27N3O4S/c27-22-9-6-16-26(22)20-8-5-7-19(17-20)24-23(28)18-10-12-21(13-11-18)31(29,30)25-14-3-1-2-4-15-25/h5,7-8,10-13,17H,1-4,6,9,14-16H2,(H,24,28). The number of sulfonamides is 1. The Morgan fingerprint density at radius 2 is 1.58 bits per heavy atom. The van der Waals surface area contributed by atoms with Crippen LogP contribution in [0.1, 0.15) is 48.9 Å². The summed E-state index contributed by atoms with van der Waals surface area (Å²) in [5.41, 5.74) is 1.72. The van der Waals surface area contributed by atoms with E-state index in [0.29, 0.717) is 37.3 Å². The number of rotatable bonds is 5. The lowest BCUT2D eigenvalue weighted by Crippen LogP contribution is -2.31. The van der Waals surface area contributed by atoms with Gasteiger partial charge in [-0.3, -0.25) is 9.59 Å². The van der Waals surface area contributed by atoms with E-state index in [9.17, 15) is 18.0 Å². The van der Waals surface area contributed by atoms with E-state index in [4.69, 9.17) is 0 Å². The summed E-state index contributed by atoms with van der Waals surface area (Å²) < 4.78 is 27.3. The van der Waals surface area contributed by atoms with Crippen molar-refractivity contribution in [2.24, 2.45) is 0 Å². The largest absolute Gasteiger partial charge is 0.322 e. The van der Waals surface area contributed by atoms with Gasteiger partial charge >= 0.3 is 0 Å². The van der Waals surface area contributed by atoms with Gasteiger partial charge in [0.15, 0.2) is 0 Å². The van der Waals surface area contributed by atoms with Gasteiger partial charge in [-0.15, -0.1) is 0 Å². The molecule has 0 unspecified atom stereocenters. The molecule has 31 heavy (non-hydrogen) atoms. The lowest BCUT2D eigenvalue weighted by Gasteiger charge is -2.20. The van der Waals surface area contributed by atoms with Crippen LogP contribution < -0.4 is 10.2 Å². The minimum absolute atomic E-state index is 0.0877. The number of hydrogen-bond acceptors (Lipinski definition) is 4. The van der Waals surface area contributed by atoms with Gasteiger partial charge in [-0.25, -0.2) is 8.42 Å². The maximum absolute atomic E-state index is 12.9. The Balaban J connectivity index is 1.46. The highest BCUT2D eigenvalue weighted by molar-refractivity contribution is 7.89. The minimum Gasteiger partial charge on any atom is -0.322 e. The number of benzene rings is 2.